The Balaban J connectivity index is 1.62. The molecular formula is C18H20N2O4S. The quantitative estimate of drug-likeness (QED) is 0.887. The van der Waals surface area contributed by atoms with Crippen LogP contribution in [-0.4, -0.2) is 40.0 Å². The first kappa shape index (κ1) is 17.4. The summed E-state index contributed by atoms with van der Waals surface area (Å²) in [5.74, 6) is -0.424. The van der Waals surface area contributed by atoms with E-state index in [0.29, 0.717) is 43.1 Å². The lowest BCUT2D eigenvalue weighted by Gasteiger charge is -2.29. The minimum Gasteiger partial charge on any atom is -0.486 e. The van der Waals surface area contributed by atoms with Crippen LogP contribution >= 0.6 is 11.3 Å². The number of hydrogen-bond donors (Lipinski definition) is 1. The van der Waals surface area contributed by atoms with E-state index in [4.69, 9.17) is 9.84 Å². The van der Waals surface area contributed by atoms with Crippen molar-refractivity contribution < 1.29 is 19.4 Å². The Hall–Kier alpha value is -2.41. The molecule has 1 aliphatic heterocycles. The molecule has 0 saturated carbocycles. The number of benzene rings is 1. The van der Waals surface area contributed by atoms with Crippen LogP contribution in [0.3, 0.4) is 0 Å². The lowest BCUT2D eigenvalue weighted by Crippen LogP contribution is -2.40. The summed E-state index contributed by atoms with van der Waals surface area (Å²) in [5, 5.41) is 9.81. The van der Waals surface area contributed by atoms with E-state index in [1.165, 1.54) is 11.3 Å². The van der Waals surface area contributed by atoms with Crippen LogP contribution in [0.5, 0.6) is 5.75 Å². The molecule has 7 heteroatoms. The van der Waals surface area contributed by atoms with Crippen molar-refractivity contribution in [3.05, 3.63) is 45.9 Å². The second-order valence-corrected chi connectivity index (χ2v) is 7.11. The fourth-order valence-electron chi connectivity index (χ4n) is 2.85. The number of para-hydroxylation sites is 1. The van der Waals surface area contributed by atoms with Gasteiger partial charge in [-0.25, -0.2) is 4.98 Å². The van der Waals surface area contributed by atoms with E-state index < -0.39 is 5.97 Å². The zero-order chi connectivity index (χ0) is 17.8. The number of amides is 1. The molecular weight excluding hydrogens is 340 g/mol. The van der Waals surface area contributed by atoms with Gasteiger partial charge in [0.2, 0.25) is 0 Å². The number of carboxylic acid groups (broad SMARTS) is 1. The van der Waals surface area contributed by atoms with Crippen molar-refractivity contribution in [3.8, 4) is 5.75 Å². The number of thiazole rings is 1. The highest BCUT2D eigenvalue weighted by atomic mass is 32.1. The normalized spacial score (nSPS) is 15.2. The van der Waals surface area contributed by atoms with Crippen LogP contribution in [0.25, 0.3) is 0 Å². The molecule has 2 aromatic rings. The Bertz CT molecular complexity index is 752. The number of aliphatic carboxylic acids is 1. The summed E-state index contributed by atoms with van der Waals surface area (Å²) < 4.78 is 5.68. The van der Waals surface area contributed by atoms with E-state index in [-0.39, 0.29) is 11.8 Å². The summed E-state index contributed by atoms with van der Waals surface area (Å²) in [5.41, 5.74) is 0.696. The highest BCUT2D eigenvalue weighted by Gasteiger charge is 2.29. The predicted molar refractivity (Wildman–Crippen MR) is 93.9 cm³/mol. The molecule has 3 rings (SSSR count). The predicted octanol–water partition coefficient (Wildman–Crippen LogP) is 2.97. The molecule has 0 radical (unpaired) electrons. The van der Waals surface area contributed by atoms with Gasteiger partial charge in [-0.15, -0.1) is 11.3 Å². The zero-order valence-corrected chi connectivity index (χ0v) is 14.8. The number of carbonyl (C=O) groups excluding carboxylic acids is 1. The lowest BCUT2D eigenvalue weighted by atomic mass is 9.97. The first-order chi connectivity index (χ1) is 12.0. The Morgan fingerprint density at radius 3 is 2.60 bits per heavy atom. The van der Waals surface area contributed by atoms with E-state index >= 15 is 0 Å². The molecule has 1 fully saturated rings. The van der Waals surface area contributed by atoms with Crippen LogP contribution in [-0.2, 0) is 11.4 Å². The monoisotopic (exact) mass is 360 g/mol. The maximum atomic E-state index is 12.7. The van der Waals surface area contributed by atoms with E-state index in [0.717, 1.165) is 10.8 Å². The van der Waals surface area contributed by atoms with E-state index in [1.807, 2.05) is 37.3 Å². The molecule has 132 valence electrons. The number of hydrogen-bond acceptors (Lipinski definition) is 5. The van der Waals surface area contributed by atoms with Gasteiger partial charge in [-0.1, -0.05) is 18.2 Å². The SMILES string of the molecule is Cc1nc(COc2ccccc2)sc1C(=O)N1CCC(C(=O)O)CC1. The van der Waals surface area contributed by atoms with Gasteiger partial charge in [0.15, 0.2) is 0 Å². The van der Waals surface area contributed by atoms with Gasteiger partial charge in [0.1, 0.15) is 22.2 Å². The summed E-state index contributed by atoms with van der Waals surface area (Å²) in [4.78, 5) is 30.5. The van der Waals surface area contributed by atoms with Crippen molar-refractivity contribution in [2.24, 2.45) is 5.92 Å². The molecule has 0 aliphatic carbocycles. The van der Waals surface area contributed by atoms with Crippen molar-refractivity contribution in [2.75, 3.05) is 13.1 Å². The van der Waals surface area contributed by atoms with Crippen molar-refractivity contribution >= 4 is 23.2 Å². The number of aryl methyl sites for hydroxylation is 1. The van der Waals surface area contributed by atoms with Crippen molar-refractivity contribution in [1.29, 1.82) is 0 Å². The highest BCUT2D eigenvalue weighted by Crippen LogP contribution is 2.25. The first-order valence-electron chi connectivity index (χ1n) is 8.21. The van der Waals surface area contributed by atoms with Crippen LogP contribution < -0.4 is 4.74 Å². The van der Waals surface area contributed by atoms with Gasteiger partial charge < -0.3 is 14.7 Å². The molecule has 1 N–H and O–H groups in total. The molecule has 1 aromatic carbocycles. The van der Waals surface area contributed by atoms with Crippen LogP contribution in [0.4, 0.5) is 0 Å². The second kappa shape index (κ2) is 7.65. The fourth-order valence-corrected chi connectivity index (χ4v) is 3.79. The van der Waals surface area contributed by atoms with Gasteiger partial charge in [0.25, 0.3) is 5.91 Å². The molecule has 1 aliphatic rings. The number of rotatable bonds is 5. The average molecular weight is 360 g/mol. The van der Waals surface area contributed by atoms with E-state index in [2.05, 4.69) is 4.98 Å². The number of nitrogens with zero attached hydrogens (tertiary/aromatic N) is 2. The molecule has 1 amide bonds. The van der Waals surface area contributed by atoms with Crippen LogP contribution in [0.2, 0.25) is 0 Å². The summed E-state index contributed by atoms with van der Waals surface area (Å²) in [6, 6.07) is 9.47. The van der Waals surface area contributed by atoms with Crippen molar-refractivity contribution in [1.82, 2.24) is 9.88 Å². The zero-order valence-electron chi connectivity index (χ0n) is 14.0. The Labute approximate surface area is 150 Å². The van der Waals surface area contributed by atoms with Gasteiger partial charge in [0.05, 0.1) is 11.6 Å². The van der Waals surface area contributed by atoms with Gasteiger partial charge in [0, 0.05) is 13.1 Å². The first-order valence-corrected chi connectivity index (χ1v) is 9.02. The third-order valence-corrected chi connectivity index (χ3v) is 5.39. The fraction of sp³-hybridized carbons (Fsp3) is 0.389. The Morgan fingerprint density at radius 2 is 1.96 bits per heavy atom. The van der Waals surface area contributed by atoms with Gasteiger partial charge in [-0.2, -0.15) is 0 Å². The van der Waals surface area contributed by atoms with Gasteiger partial charge in [-0.3, -0.25) is 9.59 Å². The maximum Gasteiger partial charge on any atom is 0.306 e. The van der Waals surface area contributed by atoms with Crippen LogP contribution in [0.15, 0.2) is 30.3 Å². The molecule has 0 spiro atoms. The number of aromatic nitrogens is 1. The smallest absolute Gasteiger partial charge is 0.306 e. The van der Waals surface area contributed by atoms with Crippen LogP contribution in [0, 0.1) is 12.8 Å². The van der Waals surface area contributed by atoms with Crippen molar-refractivity contribution in [2.45, 2.75) is 26.4 Å². The Morgan fingerprint density at radius 1 is 1.28 bits per heavy atom. The molecule has 25 heavy (non-hydrogen) atoms. The maximum absolute atomic E-state index is 12.7. The summed E-state index contributed by atoms with van der Waals surface area (Å²) in [6.07, 6.45) is 1.01. The van der Waals surface area contributed by atoms with E-state index in [1.54, 1.807) is 4.90 Å². The number of ether oxygens (including phenoxy) is 1. The third-order valence-electron chi connectivity index (χ3n) is 4.27. The number of carboxylic acids is 1. The number of carbonyl (C=O) groups is 2. The minimum atomic E-state index is -0.776. The minimum absolute atomic E-state index is 0.0650. The molecule has 0 unspecified atom stereocenters. The summed E-state index contributed by atoms with van der Waals surface area (Å²) >= 11 is 1.34. The molecule has 0 atom stereocenters. The average Bonchev–Trinajstić information content (AvgIpc) is 3.01. The molecule has 2 heterocycles. The standard InChI is InChI=1S/C18H20N2O4S/c1-12-16(17(21)20-9-7-13(8-10-20)18(22)23)25-15(19-12)11-24-14-5-3-2-4-6-14/h2-6,13H,7-11H2,1H3,(H,22,23). The third kappa shape index (κ3) is 4.17. The lowest BCUT2D eigenvalue weighted by molar-refractivity contribution is -0.143. The molecule has 1 aromatic heterocycles. The van der Waals surface area contributed by atoms with Gasteiger partial charge >= 0.3 is 5.97 Å². The van der Waals surface area contributed by atoms with E-state index in [9.17, 15) is 9.59 Å². The number of likely N-dealkylation sites (tertiary alicyclic amines) is 1. The summed E-state index contributed by atoms with van der Waals surface area (Å²) in [7, 11) is 0. The van der Waals surface area contributed by atoms with Crippen LogP contribution in [0.1, 0.15) is 33.2 Å². The van der Waals surface area contributed by atoms with Gasteiger partial charge in [-0.05, 0) is 31.9 Å². The number of piperidine rings is 1. The Kier molecular flexibility index (Phi) is 5.33. The largest absolute Gasteiger partial charge is 0.486 e. The topological polar surface area (TPSA) is 79.7 Å². The molecule has 1 saturated heterocycles. The molecule has 0 bridgehead atoms. The highest BCUT2D eigenvalue weighted by molar-refractivity contribution is 7.13. The van der Waals surface area contributed by atoms with Crippen molar-refractivity contribution in [3.63, 3.8) is 0 Å². The summed E-state index contributed by atoms with van der Waals surface area (Å²) in [6.45, 7) is 3.09. The molecule has 6 nitrogen and oxygen atoms in total. The second-order valence-electron chi connectivity index (χ2n) is 6.03.